The van der Waals surface area contributed by atoms with Gasteiger partial charge >= 0.3 is 5.97 Å². The molecule has 2 aliphatic rings. The number of sulfone groups is 1. The summed E-state index contributed by atoms with van der Waals surface area (Å²) in [6.45, 7) is 5.89. The highest BCUT2D eigenvalue weighted by Crippen LogP contribution is 2.45. The molecule has 0 amide bonds. The molecule has 3 aromatic rings. The number of hydrogen-bond donors (Lipinski definition) is 1. The number of aliphatic carboxylic acids is 1. The Kier molecular flexibility index (Phi) is 7.71. The third kappa shape index (κ3) is 5.68. The van der Waals surface area contributed by atoms with Gasteiger partial charge in [0, 0.05) is 22.8 Å². The van der Waals surface area contributed by atoms with E-state index >= 15 is 0 Å². The van der Waals surface area contributed by atoms with Crippen LogP contribution in [0.4, 0.5) is 0 Å². The Morgan fingerprint density at radius 1 is 1.08 bits per heavy atom. The van der Waals surface area contributed by atoms with Crippen molar-refractivity contribution in [2.24, 2.45) is 0 Å². The summed E-state index contributed by atoms with van der Waals surface area (Å²) in [5.41, 5.74) is 7.11. The fourth-order valence-electron chi connectivity index (χ4n) is 5.89. The lowest BCUT2D eigenvalue weighted by Crippen LogP contribution is -2.25. The first-order valence-corrected chi connectivity index (χ1v) is 16.2. The zero-order valence-electron chi connectivity index (χ0n) is 22.7. The fourth-order valence-corrected chi connectivity index (χ4v) is 8.06. The number of hydrogen-bond acceptors (Lipinski definition) is 6. The van der Waals surface area contributed by atoms with Crippen molar-refractivity contribution in [2.75, 3.05) is 12.0 Å². The summed E-state index contributed by atoms with van der Waals surface area (Å²) in [5, 5.41) is 9.20. The van der Waals surface area contributed by atoms with Gasteiger partial charge < -0.3 is 14.6 Å². The van der Waals surface area contributed by atoms with Gasteiger partial charge in [0.25, 0.3) is 0 Å². The quantitative estimate of drug-likeness (QED) is 0.303. The maximum Gasteiger partial charge on any atom is 0.303 e. The third-order valence-electron chi connectivity index (χ3n) is 7.63. The predicted molar refractivity (Wildman–Crippen MR) is 155 cm³/mol. The van der Waals surface area contributed by atoms with Gasteiger partial charge in [-0.05, 0) is 96.3 Å². The summed E-state index contributed by atoms with van der Waals surface area (Å²) in [6, 6.07) is 16.3. The molecule has 8 heteroatoms. The standard InChI is InChI=1S/C31H34O6S2/c1-5-30(39(4,34)35)37-22-13-18(2)31(19(3)14-22)26-8-6-7-25-24(26)11-12-27(25)36-21-9-10-23-20(15-29(32)33)17-38-28(23)16-21/h6-10,13-14,16,20,27,30H,5,11-12,15,17H2,1-4H3,(H,32,33)/t20?,27-,30?/m1/s1. The largest absolute Gasteiger partial charge is 0.486 e. The molecule has 0 bridgehead atoms. The Balaban J connectivity index is 1.39. The topological polar surface area (TPSA) is 89.9 Å². The number of fused-ring (bicyclic) bond motifs is 2. The Hall–Kier alpha value is -2.97. The molecule has 1 N–H and O–H groups in total. The molecule has 5 rings (SSSR count). The lowest BCUT2D eigenvalue weighted by Gasteiger charge is -2.20. The highest BCUT2D eigenvalue weighted by Gasteiger charge is 2.30. The number of carboxylic acids is 1. The molecular weight excluding hydrogens is 532 g/mol. The molecule has 3 aromatic carbocycles. The van der Waals surface area contributed by atoms with Gasteiger partial charge in [0.15, 0.2) is 15.3 Å². The van der Waals surface area contributed by atoms with Gasteiger partial charge in [-0.3, -0.25) is 4.79 Å². The number of carbonyl (C=O) groups is 1. The van der Waals surface area contributed by atoms with Crippen LogP contribution in [0.2, 0.25) is 0 Å². The molecule has 0 fully saturated rings. The maximum absolute atomic E-state index is 12.1. The third-order valence-corrected chi connectivity index (χ3v) is 10.3. The summed E-state index contributed by atoms with van der Waals surface area (Å²) in [7, 11) is -3.31. The smallest absolute Gasteiger partial charge is 0.303 e. The van der Waals surface area contributed by atoms with Crippen LogP contribution >= 0.6 is 11.8 Å². The molecule has 206 valence electrons. The maximum atomic E-state index is 12.1. The SMILES string of the molecule is CCC(Oc1cc(C)c(-c2cccc3c2CC[C@H]3Oc2ccc3c(c2)SCC3CC(=O)O)c(C)c1)S(C)(=O)=O. The highest BCUT2D eigenvalue weighted by atomic mass is 32.2. The van der Waals surface area contributed by atoms with Gasteiger partial charge in [-0.15, -0.1) is 11.8 Å². The molecule has 0 radical (unpaired) electrons. The van der Waals surface area contributed by atoms with E-state index in [1.165, 1.54) is 22.9 Å². The second kappa shape index (κ2) is 10.9. The first-order valence-electron chi connectivity index (χ1n) is 13.3. The van der Waals surface area contributed by atoms with E-state index < -0.39 is 21.2 Å². The van der Waals surface area contributed by atoms with E-state index in [2.05, 4.69) is 24.3 Å². The predicted octanol–water partition coefficient (Wildman–Crippen LogP) is 6.86. The Morgan fingerprint density at radius 2 is 1.82 bits per heavy atom. The van der Waals surface area contributed by atoms with Crippen molar-refractivity contribution in [2.45, 2.75) is 68.8 Å². The molecule has 3 atom stereocenters. The normalized spacial score (nSPS) is 18.9. The van der Waals surface area contributed by atoms with E-state index in [0.29, 0.717) is 12.2 Å². The monoisotopic (exact) mass is 566 g/mol. The van der Waals surface area contributed by atoms with Crippen LogP contribution in [-0.2, 0) is 21.1 Å². The van der Waals surface area contributed by atoms with Crippen LogP contribution in [0.25, 0.3) is 11.1 Å². The molecule has 39 heavy (non-hydrogen) atoms. The number of ether oxygens (including phenoxy) is 2. The second-order valence-corrected chi connectivity index (χ2v) is 13.8. The summed E-state index contributed by atoms with van der Waals surface area (Å²) in [4.78, 5) is 12.3. The molecule has 0 saturated carbocycles. The summed E-state index contributed by atoms with van der Waals surface area (Å²) in [6.07, 6.45) is 3.48. The van der Waals surface area contributed by atoms with Gasteiger partial charge in [0.1, 0.15) is 17.6 Å². The number of carboxylic acid groups (broad SMARTS) is 1. The molecule has 1 heterocycles. The Morgan fingerprint density at radius 3 is 2.49 bits per heavy atom. The van der Waals surface area contributed by atoms with Crippen LogP contribution in [-0.4, -0.2) is 36.9 Å². The lowest BCUT2D eigenvalue weighted by atomic mass is 9.90. The van der Waals surface area contributed by atoms with Crippen LogP contribution in [0.5, 0.6) is 11.5 Å². The van der Waals surface area contributed by atoms with Gasteiger partial charge in [-0.1, -0.05) is 31.2 Å². The molecule has 0 aromatic heterocycles. The van der Waals surface area contributed by atoms with E-state index in [1.807, 2.05) is 45.0 Å². The van der Waals surface area contributed by atoms with Crippen molar-refractivity contribution < 1.29 is 27.8 Å². The van der Waals surface area contributed by atoms with Crippen molar-refractivity contribution in [3.63, 3.8) is 0 Å². The molecule has 1 aliphatic carbocycles. The number of aryl methyl sites for hydroxylation is 2. The molecule has 2 unspecified atom stereocenters. The van der Waals surface area contributed by atoms with Gasteiger partial charge in [-0.2, -0.15) is 0 Å². The lowest BCUT2D eigenvalue weighted by molar-refractivity contribution is -0.137. The van der Waals surface area contributed by atoms with Crippen LogP contribution in [0.1, 0.15) is 66.0 Å². The second-order valence-electron chi connectivity index (χ2n) is 10.5. The van der Waals surface area contributed by atoms with Gasteiger partial charge in [-0.25, -0.2) is 8.42 Å². The van der Waals surface area contributed by atoms with Crippen molar-refractivity contribution in [3.8, 4) is 22.6 Å². The van der Waals surface area contributed by atoms with Crippen LogP contribution in [0.3, 0.4) is 0 Å². The number of rotatable bonds is 9. The van der Waals surface area contributed by atoms with E-state index in [1.54, 1.807) is 11.8 Å². The molecule has 0 saturated heterocycles. The summed E-state index contributed by atoms with van der Waals surface area (Å²) in [5.74, 6) is 1.45. The first-order chi connectivity index (χ1) is 18.5. The van der Waals surface area contributed by atoms with E-state index in [-0.39, 0.29) is 18.4 Å². The zero-order chi connectivity index (χ0) is 27.9. The molecule has 0 spiro atoms. The summed E-state index contributed by atoms with van der Waals surface area (Å²) < 4.78 is 36.5. The minimum absolute atomic E-state index is 0.0498. The van der Waals surface area contributed by atoms with Crippen molar-refractivity contribution in [1.82, 2.24) is 0 Å². The van der Waals surface area contributed by atoms with Gasteiger partial charge in [0.05, 0.1) is 6.42 Å². The van der Waals surface area contributed by atoms with E-state index in [9.17, 15) is 18.3 Å². The number of benzene rings is 3. The average Bonchev–Trinajstić information content (AvgIpc) is 3.45. The van der Waals surface area contributed by atoms with E-state index in [0.717, 1.165) is 51.5 Å². The minimum atomic E-state index is -3.31. The molecular formula is C31H34O6S2. The zero-order valence-corrected chi connectivity index (χ0v) is 24.3. The first kappa shape index (κ1) is 27.6. The average molecular weight is 567 g/mol. The van der Waals surface area contributed by atoms with Crippen molar-refractivity contribution in [3.05, 3.63) is 76.3 Å². The van der Waals surface area contributed by atoms with Crippen LogP contribution in [0, 0.1) is 13.8 Å². The highest BCUT2D eigenvalue weighted by molar-refractivity contribution is 7.99. The fraction of sp³-hybridized carbons (Fsp3) is 0.387. The van der Waals surface area contributed by atoms with Crippen molar-refractivity contribution >= 4 is 27.6 Å². The number of thioether (sulfide) groups is 1. The van der Waals surface area contributed by atoms with Crippen LogP contribution < -0.4 is 9.47 Å². The Bertz CT molecular complexity index is 1510. The minimum Gasteiger partial charge on any atom is -0.486 e. The molecule has 6 nitrogen and oxygen atoms in total. The summed E-state index contributed by atoms with van der Waals surface area (Å²) >= 11 is 1.70. The van der Waals surface area contributed by atoms with E-state index in [4.69, 9.17) is 9.47 Å². The van der Waals surface area contributed by atoms with Crippen LogP contribution in [0.15, 0.2) is 53.4 Å². The Labute approximate surface area is 234 Å². The van der Waals surface area contributed by atoms with Gasteiger partial charge in [0.2, 0.25) is 0 Å². The molecule has 1 aliphatic heterocycles. The van der Waals surface area contributed by atoms with Crippen molar-refractivity contribution in [1.29, 1.82) is 0 Å².